The average molecular weight is 305 g/mol. The lowest BCUT2D eigenvalue weighted by atomic mass is 9.74. The molecule has 0 aromatic rings. The third-order valence-corrected chi connectivity index (χ3v) is 2.88. The maximum absolute atomic E-state index is 11.2. The third-order valence-electron chi connectivity index (χ3n) is 2.88. The van der Waals surface area contributed by atoms with Crippen LogP contribution in [0.3, 0.4) is 0 Å². The van der Waals surface area contributed by atoms with E-state index < -0.39 is 53.5 Å². The Labute approximate surface area is 117 Å². The van der Waals surface area contributed by atoms with Crippen LogP contribution >= 0.6 is 0 Å². The van der Waals surface area contributed by atoms with Crippen molar-refractivity contribution in [1.82, 2.24) is 0 Å². The second-order valence-electron chi connectivity index (χ2n) is 4.22. The summed E-state index contributed by atoms with van der Waals surface area (Å²) in [6.45, 7) is 0.900. The molecule has 0 amide bonds. The smallest absolute Gasteiger partial charge is 0.308 e. The standard InChI is InChI=1S/C11H13O10/c1-3(8(14)15)6(10(18)19)7(11(20)21)4(9(16)17)2-5(12)13/h2-4,6-7H,1H3,(H,12,13)(H,14,15)(H,16,17)(H,18,19)(H,20,21). The normalized spacial score (nSPS) is 16.2. The van der Waals surface area contributed by atoms with Gasteiger partial charge in [-0.1, -0.05) is 6.92 Å². The maximum atomic E-state index is 11.2. The van der Waals surface area contributed by atoms with Crippen molar-refractivity contribution in [2.24, 2.45) is 23.7 Å². The highest BCUT2D eigenvalue weighted by molar-refractivity contribution is 5.92. The minimum Gasteiger partial charge on any atom is -0.481 e. The van der Waals surface area contributed by atoms with E-state index in [0.717, 1.165) is 6.92 Å². The van der Waals surface area contributed by atoms with Crippen LogP contribution in [-0.2, 0) is 24.0 Å². The van der Waals surface area contributed by atoms with Gasteiger partial charge in [0.1, 0.15) is 0 Å². The second kappa shape index (κ2) is 7.22. The van der Waals surface area contributed by atoms with Gasteiger partial charge in [-0.15, -0.1) is 0 Å². The molecule has 0 saturated heterocycles. The lowest BCUT2D eigenvalue weighted by molar-refractivity contribution is -0.167. The molecule has 0 fully saturated rings. The van der Waals surface area contributed by atoms with Crippen molar-refractivity contribution in [3.05, 3.63) is 6.42 Å². The summed E-state index contributed by atoms with van der Waals surface area (Å²) in [6.07, 6.45) is 0.117. The maximum Gasteiger partial charge on any atom is 0.308 e. The minimum atomic E-state index is -2.25. The number of hydrogen-bond donors (Lipinski definition) is 5. The van der Waals surface area contributed by atoms with Crippen molar-refractivity contribution in [3.63, 3.8) is 0 Å². The Morgan fingerprint density at radius 3 is 1.38 bits per heavy atom. The van der Waals surface area contributed by atoms with Crippen LogP contribution in [0.15, 0.2) is 0 Å². The Kier molecular flexibility index (Phi) is 6.31. The fourth-order valence-corrected chi connectivity index (χ4v) is 1.84. The summed E-state index contributed by atoms with van der Waals surface area (Å²) in [4.78, 5) is 54.7. The molecule has 0 bridgehead atoms. The van der Waals surface area contributed by atoms with Crippen LogP contribution in [0.25, 0.3) is 0 Å². The summed E-state index contributed by atoms with van der Waals surface area (Å²) < 4.78 is 0. The van der Waals surface area contributed by atoms with Gasteiger partial charge >= 0.3 is 29.8 Å². The van der Waals surface area contributed by atoms with Crippen molar-refractivity contribution < 1.29 is 49.5 Å². The van der Waals surface area contributed by atoms with Gasteiger partial charge in [0.25, 0.3) is 0 Å². The van der Waals surface area contributed by atoms with E-state index in [4.69, 9.17) is 25.5 Å². The van der Waals surface area contributed by atoms with Crippen LogP contribution < -0.4 is 0 Å². The van der Waals surface area contributed by atoms with Gasteiger partial charge in [-0.2, -0.15) is 0 Å². The summed E-state index contributed by atoms with van der Waals surface area (Å²) in [6, 6.07) is 0. The molecule has 0 aromatic carbocycles. The predicted octanol–water partition coefficient (Wildman–Crippen LogP) is -0.902. The lowest BCUT2D eigenvalue weighted by Crippen LogP contribution is -2.44. The van der Waals surface area contributed by atoms with Crippen LogP contribution in [0.4, 0.5) is 0 Å². The molecule has 0 aliphatic carbocycles. The second-order valence-corrected chi connectivity index (χ2v) is 4.22. The molecule has 5 N–H and O–H groups in total. The molecule has 0 rings (SSSR count). The van der Waals surface area contributed by atoms with Gasteiger partial charge in [0.2, 0.25) is 0 Å². The molecular weight excluding hydrogens is 292 g/mol. The number of carboxylic acids is 5. The molecule has 10 nitrogen and oxygen atoms in total. The first-order chi connectivity index (χ1) is 9.50. The van der Waals surface area contributed by atoms with E-state index >= 15 is 0 Å². The lowest BCUT2D eigenvalue weighted by Gasteiger charge is -2.27. The predicted molar refractivity (Wildman–Crippen MR) is 62.1 cm³/mol. The molecule has 0 heterocycles. The first-order valence-corrected chi connectivity index (χ1v) is 5.49. The van der Waals surface area contributed by atoms with Crippen LogP contribution in [0.2, 0.25) is 0 Å². The number of aliphatic carboxylic acids is 5. The number of carboxylic acid groups (broad SMARTS) is 5. The molecule has 0 spiro atoms. The van der Waals surface area contributed by atoms with E-state index in [0.29, 0.717) is 0 Å². The van der Waals surface area contributed by atoms with Crippen molar-refractivity contribution in [1.29, 1.82) is 0 Å². The van der Waals surface area contributed by atoms with Crippen LogP contribution in [-0.4, -0.2) is 55.4 Å². The SMILES string of the molecule is CC(C(=O)O)C(C(=O)O)C(C(=O)O)C([CH]C(=O)O)C(=O)O. The van der Waals surface area contributed by atoms with Gasteiger partial charge in [-0.3, -0.25) is 24.0 Å². The highest BCUT2D eigenvalue weighted by Gasteiger charge is 2.48. The Balaban J connectivity index is 5.84. The van der Waals surface area contributed by atoms with E-state index in [1.54, 1.807) is 0 Å². The molecule has 1 radical (unpaired) electrons. The zero-order valence-electron chi connectivity index (χ0n) is 10.7. The van der Waals surface area contributed by atoms with Gasteiger partial charge < -0.3 is 25.5 Å². The summed E-state index contributed by atoms with van der Waals surface area (Å²) in [5.74, 6) is -17.3. The summed E-state index contributed by atoms with van der Waals surface area (Å²) in [7, 11) is 0. The monoisotopic (exact) mass is 305 g/mol. The average Bonchev–Trinajstić information content (AvgIpc) is 2.30. The molecule has 0 aliphatic rings. The summed E-state index contributed by atoms with van der Waals surface area (Å²) >= 11 is 0. The Morgan fingerprint density at radius 1 is 0.714 bits per heavy atom. The van der Waals surface area contributed by atoms with Gasteiger partial charge in [0.15, 0.2) is 0 Å². The quantitative estimate of drug-likeness (QED) is 0.357. The van der Waals surface area contributed by atoms with Crippen molar-refractivity contribution in [3.8, 4) is 0 Å². The van der Waals surface area contributed by atoms with Gasteiger partial charge in [0.05, 0.1) is 30.1 Å². The Bertz CT molecular complexity index is 468. The fraction of sp³-hybridized carbons (Fsp3) is 0.455. The van der Waals surface area contributed by atoms with Crippen molar-refractivity contribution in [2.75, 3.05) is 0 Å². The zero-order chi connectivity index (χ0) is 16.9. The number of carbonyl (C=O) groups is 5. The Morgan fingerprint density at radius 2 is 1.14 bits per heavy atom. The molecule has 0 saturated carbocycles. The van der Waals surface area contributed by atoms with E-state index in [1.807, 2.05) is 0 Å². The molecule has 4 atom stereocenters. The van der Waals surface area contributed by atoms with Crippen LogP contribution in [0.5, 0.6) is 0 Å². The molecule has 0 aliphatic heterocycles. The van der Waals surface area contributed by atoms with Gasteiger partial charge in [0, 0.05) is 0 Å². The first kappa shape index (κ1) is 18.4. The highest BCUT2D eigenvalue weighted by atomic mass is 16.4. The van der Waals surface area contributed by atoms with Crippen LogP contribution in [0.1, 0.15) is 6.92 Å². The number of rotatable bonds is 9. The van der Waals surface area contributed by atoms with Gasteiger partial charge in [-0.05, 0) is 0 Å². The molecule has 0 aromatic heterocycles. The first-order valence-electron chi connectivity index (χ1n) is 5.49. The van der Waals surface area contributed by atoms with Gasteiger partial charge in [-0.25, -0.2) is 0 Å². The molecule has 4 unspecified atom stereocenters. The minimum absolute atomic E-state index is 0.117. The highest BCUT2D eigenvalue weighted by Crippen LogP contribution is 2.31. The zero-order valence-corrected chi connectivity index (χ0v) is 10.7. The summed E-state index contributed by atoms with van der Waals surface area (Å²) in [5.41, 5.74) is 0. The molecule has 117 valence electrons. The largest absolute Gasteiger partial charge is 0.481 e. The number of hydrogen-bond acceptors (Lipinski definition) is 5. The molecule has 21 heavy (non-hydrogen) atoms. The fourth-order valence-electron chi connectivity index (χ4n) is 1.84. The topological polar surface area (TPSA) is 186 Å². The van der Waals surface area contributed by atoms with E-state index in [1.165, 1.54) is 0 Å². The van der Waals surface area contributed by atoms with Crippen molar-refractivity contribution in [2.45, 2.75) is 6.92 Å². The van der Waals surface area contributed by atoms with Crippen LogP contribution in [0, 0.1) is 30.1 Å². The van der Waals surface area contributed by atoms with Crippen molar-refractivity contribution >= 4 is 29.8 Å². The molecular formula is C11H13O10. The van der Waals surface area contributed by atoms with E-state index in [9.17, 15) is 24.0 Å². The van der Waals surface area contributed by atoms with E-state index in [-0.39, 0.29) is 6.42 Å². The van der Waals surface area contributed by atoms with E-state index in [2.05, 4.69) is 0 Å². The molecule has 10 heteroatoms. The Hall–Kier alpha value is -2.65. The summed E-state index contributed by atoms with van der Waals surface area (Å²) in [5, 5.41) is 44.3. The third kappa shape index (κ3) is 4.75.